The lowest BCUT2D eigenvalue weighted by Crippen LogP contribution is -2.38. The Balaban J connectivity index is 0.00000306. The summed E-state index contributed by atoms with van der Waals surface area (Å²) in [5.41, 5.74) is 1.25. The molecule has 4 aromatic rings. The van der Waals surface area contributed by atoms with E-state index >= 15 is 0 Å². The summed E-state index contributed by atoms with van der Waals surface area (Å²) in [5.74, 6) is 1.73. The molecule has 2 aromatic carbocycles. The van der Waals surface area contributed by atoms with Gasteiger partial charge in [-0.25, -0.2) is 4.98 Å². The van der Waals surface area contributed by atoms with Crippen LogP contribution in [-0.2, 0) is 13.0 Å². The average Bonchev–Trinajstić information content (AvgIpc) is 3.45. The fraction of sp³-hybridized carbons (Fsp3) is 0.280. The lowest BCUT2D eigenvalue weighted by molar-refractivity contribution is 0.191. The average molecular weight is 576 g/mol. The number of thiophene rings is 1. The summed E-state index contributed by atoms with van der Waals surface area (Å²) in [6, 6.07) is 20.6. The molecule has 2 heterocycles. The van der Waals surface area contributed by atoms with Crippen molar-refractivity contribution in [1.82, 2.24) is 20.2 Å². The minimum absolute atomic E-state index is 0. The maximum absolute atomic E-state index is 10.6. The lowest BCUT2D eigenvalue weighted by atomic mass is 10.2. The van der Waals surface area contributed by atoms with E-state index in [1.807, 2.05) is 43.6 Å². The Bertz CT molecular complexity index is 1120. The summed E-state index contributed by atoms with van der Waals surface area (Å²) >= 11 is 1.62. The molecule has 0 radical (unpaired) electrons. The lowest BCUT2D eigenvalue weighted by Gasteiger charge is -2.13. The monoisotopic (exact) mass is 575 g/mol. The maximum atomic E-state index is 10.6. The number of aliphatic imine (C=N–C) groups is 1. The third kappa shape index (κ3) is 7.02. The number of rotatable bonds is 9. The number of aromatic nitrogens is 2. The molecule has 0 fully saturated rings. The van der Waals surface area contributed by atoms with E-state index in [1.54, 1.807) is 11.3 Å². The summed E-state index contributed by atoms with van der Waals surface area (Å²) < 4.78 is 3.35. The van der Waals surface area contributed by atoms with Crippen molar-refractivity contribution in [2.75, 3.05) is 19.6 Å². The SMILES string of the molecule is CCNC(=NCC(O)c1cc2ccccc2s1)NCCc1nccn1Cc1ccccc1.I. The standard InChI is InChI=1S/C25H29N5OS.HI/c1-2-26-25(29-17-21(31)23-16-20-10-6-7-11-22(20)32-23)28-13-12-24-27-14-15-30(24)18-19-8-4-3-5-9-19;/h3-11,14-16,21,31H,2,12-13,17-18H2,1H3,(H2,26,28,29);1H. The molecule has 3 N–H and O–H groups in total. The molecular weight excluding hydrogens is 545 g/mol. The van der Waals surface area contributed by atoms with Crippen LogP contribution in [0.5, 0.6) is 0 Å². The van der Waals surface area contributed by atoms with Crippen molar-refractivity contribution in [1.29, 1.82) is 0 Å². The molecule has 1 atom stereocenters. The number of halogens is 1. The van der Waals surface area contributed by atoms with Gasteiger partial charge in [-0.1, -0.05) is 48.5 Å². The maximum Gasteiger partial charge on any atom is 0.191 e. The summed E-state index contributed by atoms with van der Waals surface area (Å²) in [5, 5.41) is 18.4. The molecule has 174 valence electrons. The highest BCUT2D eigenvalue weighted by Crippen LogP contribution is 2.29. The number of hydrogen-bond donors (Lipinski definition) is 3. The van der Waals surface area contributed by atoms with Crippen molar-refractivity contribution in [2.24, 2.45) is 4.99 Å². The van der Waals surface area contributed by atoms with E-state index in [0.717, 1.165) is 35.6 Å². The van der Waals surface area contributed by atoms with Crippen LogP contribution in [0.2, 0.25) is 0 Å². The van der Waals surface area contributed by atoms with Gasteiger partial charge < -0.3 is 20.3 Å². The zero-order valence-corrected chi connectivity index (χ0v) is 21.8. The van der Waals surface area contributed by atoms with Gasteiger partial charge in [-0.2, -0.15) is 0 Å². The minimum Gasteiger partial charge on any atom is -0.386 e. The number of hydrogen-bond acceptors (Lipinski definition) is 4. The normalized spacial score (nSPS) is 12.4. The number of benzene rings is 2. The zero-order valence-electron chi connectivity index (χ0n) is 18.6. The largest absolute Gasteiger partial charge is 0.386 e. The summed E-state index contributed by atoms with van der Waals surface area (Å²) in [6.07, 6.45) is 4.03. The smallest absolute Gasteiger partial charge is 0.191 e. The predicted octanol–water partition coefficient (Wildman–Crippen LogP) is 4.60. The van der Waals surface area contributed by atoms with E-state index in [9.17, 15) is 5.11 Å². The first-order valence-electron chi connectivity index (χ1n) is 11.0. The first-order valence-corrected chi connectivity index (χ1v) is 11.8. The molecule has 0 spiro atoms. The van der Waals surface area contributed by atoms with Crippen molar-refractivity contribution in [3.05, 3.63) is 89.3 Å². The van der Waals surface area contributed by atoms with Gasteiger partial charge in [0.05, 0.1) is 6.54 Å². The summed E-state index contributed by atoms with van der Waals surface area (Å²) in [6.45, 7) is 4.62. The van der Waals surface area contributed by atoms with Crippen LogP contribution in [-0.4, -0.2) is 40.3 Å². The van der Waals surface area contributed by atoms with E-state index in [2.05, 4.69) is 61.6 Å². The second-order valence-electron chi connectivity index (χ2n) is 7.56. The molecule has 2 aromatic heterocycles. The molecule has 0 saturated heterocycles. The highest BCUT2D eigenvalue weighted by molar-refractivity contribution is 14.0. The van der Waals surface area contributed by atoms with Gasteiger partial charge in [-0.3, -0.25) is 4.99 Å². The van der Waals surface area contributed by atoms with Crippen LogP contribution in [0.3, 0.4) is 0 Å². The zero-order chi connectivity index (χ0) is 22.2. The number of imidazole rings is 1. The summed E-state index contributed by atoms with van der Waals surface area (Å²) in [7, 11) is 0. The third-order valence-corrected chi connectivity index (χ3v) is 6.40. The molecule has 33 heavy (non-hydrogen) atoms. The Morgan fingerprint density at radius 3 is 2.70 bits per heavy atom. The van der Waals surface area contributed by atoms with Gasteiger partial charge in [0, 0.05) is 48.0 Å². The van der Waals surface area contributed by atoms with Crippen molar-refractivity contribution in [2.45, 2.75) is 26.0 Å². The van der Waals surface area contributed by atoms with Gasteiger partial charge in [-0.05, 0) is 30.0 Å². The van der Waals surface area contributed by atoms with Crippen LogP contribution in [0.4, 0.5) is 0 Å². The highest BCUT2D eigenvalue weighted by Gasteiger charge is 2.12. The van der Waals surface area contributed by atoms with E-state index in [1.165, 1.54) is 10.3 Å². The van der Waals surface area contributed by atoms with E-state index in [0.29, 0.717) is 19.0 Å². The first-order chi connectivity index (χ1) is 15.7. The van der Waals surface area contributed by atoms with Gasteiger partial charge in [0.1, 0.15) is 11.9 Å². The van der Waals surface area contributed by atoms with Crippen LogP contribution >= 0.6 is 35.3 Å². The van der Waals surface area contributed by atoms with E-state index in [4.69, 9.17) is 0 Å². The Morgan fingerprint density at radius 2 is 1.91 bits per heavy atom. The molecular formula is C25H30IN5OS. The number of nitrogens with zero attached hydrogens (tertiary/aromatic N) is 3. The fourth-order valence-corrected chi connectivity index (χ4v) is 4.60. The van der Waals surface area contributed by atoms with Gasteiger partial charge in [0.25, 0.3) is 0 Å². The van der Waals surface area contributed by atoms with Gasteiger partial charge in [0.15, 0.2) is 5.96 Å². The molecule has 6 nitrogen and oxygen atoms in total. The van der Waals surface area contributed by atoms with E-state index < -0.39 is 6.10 Å². The Labute approximate surface area is 215 Å². The molecule has 4 rings (SSSR count). The molecule has 8 heteroatoms. The molecule has 0 bridgehead atoms. The third-order valence-electron chi connectivity index (χ3n) is 5.18. The van der Waals surface area contributed by atoms with Crippen molar-refractivity contribution in [3.8, 4) is 0 Å². The van der Waals surface area contributed by atoms with Crippen LogP contribution in [0.25, 0.3) is 10.1 Å². The molecule has 0 amide bonds. The summed E-state index contributed by atoms with van der Waals surface area (Å²) in [4.78, 5) is 10.0. The van der Waals surface area contributed by atoms with Gasteiger partial charge in [-0.15, -0.1) is 35.3 Å². The quantitative estimate of drug-likeness (QED) is 0.155. The van der Waals surface area contributed by atoms with Crippen LogP contribution in [0, 0.1) is 0 Å². The minimum atomic E-state index is -0.618. The highest BCUT2D eigenvalue weighted by atomic mass is 127. The Hall–Kier alpha value is -2.43. The van der Waals surface area contributed by atoms with Crippen LogP contribution in [0.1, 0.15) is 29.3 Å². The fourth-order valence-electron chi connectivity index (χ4n) is 3.56. The second-order valence-corrected chi connectivity index (χ2v) is 8.67. The molecule has 0 aliphatic carbocycles. The van der Waals surface area contributed by atoms with Gasteiger partial charge >= 0.3 is 0 Å². The number of nitrogens with one attached hydrogen (secondary N) is 2. The molecule has 1 unspecified atom stereocenters. The van der Waals surface area contributed by atoms with Crippen molar-refractivity contribution >= 4 is 51.4 Å². The number of aliphatic hydroxyl groups excluding tert-OH is 1. The van der Waals surface area contributed by atoms with Gasteiger partial charge in [0.2, 0.25) is 0 Å². The van der Waals surface area contributed by atoms with Crippen molar-refractivity contribution < 1.29 is 5.11 Å². The molecule has 0 saturated carbocycles. The topological polar surface area (TPSA) is 74.5 Å². The second kappa shape index (κ2) is 12.7. The molecule has 0 aliphatic rings. The van der Waals surface area contributed by atoms with Crippen molar-refractivity contribution in [3.63, 3.8) is 0 Å². The van der Waals surface area contributed by atoms with Crippen LogP contribution < -0.4 is 10.6 Å². The number of aliphatic hydroxyl groups is 1. The van der Waals surface area contributed by atoms with E-state index in [-0.39, 0.29) is 24.0 Å². The predicted molar refractivity (Wildman–Crippen MR) is 148 cm³/mol. The number of fused-ring (bicyclic) bond motifs is 1. The Kier molecular flexibility index (Phi) is 9.71. The Morgan fingerprint density at radius 1 is 1.12 bits per heavy atom. The van der Waals surface area contributed by atoms with Crippen LogP contribution in [0.15, 0.2) is 78.0 Å². The number of guanidine groups is 1. The first kappa shape index (κ1) is 25.2. The molecule has 0 aliphatic heterocycles.